The Kier molecular flexibility index (Phi) is 4.19. The van der Waals surface area contributed by atoms with Crippen LogP contribution in [0.2, 0.25) is 0 Å². The molecule has 3 aromatic rings. The molecule has 2 fully saturated rings. The number of benzene rings is 2. The lowest BCUT2D eigenvalue weighted by molar-refractivity contribution is 0.0570. The van der Waals surface area contributed by atoms with E-state index in [1.165, 1.54) is 0 Å². The van der Waals surface area contributed by atoms with Crippen LogP contribution in [0.4, 0.5) is 0 Å². The van der Waals surface area contributed by atoms with Crippen molar-refractivity contribution in [3.05, 3.63) is 54.1 Å². The van der Waals surface area contributed by atoms with Gasteiger partial charge in [0.05, 0.1) is 16.3 Å². The number of hydrogen-bond acceptors (Lipinski definition) is 5. The molecule has 0 radical (unpaired) electrons. The highest BCUT2D eigenvalue weighted by atomic mass is 32.1. The number of piperazine rings is 1. The summed E-state index contributed by atoms with van der Waals surface area (Å²) in [5, 5.41) is 10.8. The van der Waals surface area contributed by atoms with Gasteiger partial charge in [0, 0.05) is 43.3 Å². The molecule has 2 atom stereocenters. The van der Waals surface area contributed by atoms with Gasteiger partial charge in [-0.1, -0.05) is 30.3 Å². The molecular weight excluding hydrogens is 358 g/mol. The highest BCUT2D eigenvalue weighted by molar-refractivity contribution is 7.21. The fraction of sp³-hybridized carbons (Fsp3) is 0.333. The molecule has 27 heavy (non-hydrogen) atoms. The lowest BCUT2D eigenvalue weighted by Gasteiger charge is -2.37. The van der Waals surface area contributed by atoms with Gasteiger partial charge in [0.25, 0.3) is 5.91 Å². The van der Waals surface area contributed by atoms with Crippen molar-refractivity contribution in [2.75, 3.05) is 26.2 Å². The monoisotopic (exact) mass is 379 g/mol. The number of aliphatic hydroxyl groups excluding tert-OH is 1. The second-order valence-corrected chi connectivity index (χ2v) is 8.35. The van der Waals surface area contributed by atoms with Crippen molar-refractivity contribution in [1.29, 1.82) is 0 Å². The Morgan fingerprint density at radius 2 is 1.89 bits per heavy atom. The normalized spacial score (nSPS) is 22.9. The molecule has 1 aromatic heterocycles. The number of aliphatic hydroxyl groups is 1. The average Bonchev–Trinajstić information content (AvgIpc) is 3.29. The van der Waals surface area contributed by atoms with Crippen molar-refractivity contribution < 1.29 is 9.90 Å². The third kappa shape index (κ3) is 3.04. The smallest absolute Gasteiger partial charge is 0.254 e. The SMILES string of the molecule is O=C(c1ccccc1-c1nc2ccccc2s1)N1CCN2C[C@H](O)C[C@H]2C1. The van der Waals surface area contributed by atoms with Crippen molar-refractivity contribution in [2.45, 2.75) is 18.6 Å². The maximum atomic E-state index is 13.3. The van der Waals surface area contributed by atoms with E-state index in [1.807, 2.05) is 47.4 Å². The number of para-hydroxylation sites is 1. The first-order chi connectivity index (χ1) is 13.2. The van der Waals surface area contributed by atoms with Crippen molar-refractivity contribution in [3.8, 4) is 10.6 Å². The third-order valence-electron chi connectivity index (χ3n) is 5.56. The van der Waals surface area contributed by atoms with E-state index in [0.29, 0.717) is 18.7 Å². The molecule has 5 nitrogen and oxygen atoms in total. The van der Waals surface area contributed by atoms with E-state index in [1.54, 1.807) is 11.3 Å². The fourth-order valence-corrected chi connectivity index (χ4v) is 5.22. The fourth-order valence-electron chi connectivity index (χ4n) is 4.21. The average molecular weight is 379 g/mol. The lowest BCUT2D eigenvalue weighted by atomic mass is 10.0. The molecule has 2 saturated heterocycles. The van der Waals surface area contributed by atoms with Gasteiger partial charge in [0.15, 0.2) is 0 Å². The molecular formula is C21H21N3O2S. The van der Waals surface area contributed by atoms with Gasteiger partial charge in [-0.3, -0.25) is 9.69 Å². The van der Waals surface area contributed by atoms with Gasteiger partial charge >= 0.3 is 0 Å². The van der Waals surface area contributed by atoms with Crippen LogP contribution in [-0.2, 0) is 0 Å². The molecule has 1 amide bonds. The standard InChI is InChI=1S/C21H21N3O2S/c25-15-11-14-12-24(10-9-23(14)13-15)21(26)17-6-2-1-5-16(17)20-22-18-7-3-4-8-19(18)27-20/h1-8,14-15,25H,9-13H2/t14-,15+/m0/s1. The zero-order valence-corrected chi connectivity index (χ0v) is 15.7. The third-order valence-corrected chi connectivity index (χ3v) is 6.63. The molecule has 6 heteroatoms. The van der Waals surface area contributed by atoms with E-state index in [4.69, 9.17) is 4.98 Å². The van der Waals surface area contributed by atoms with Crippen LogP contribution >= 0.6 is 11.3 Å². The summed E-state index contributed by atoms with van der Waals surface area (Å²) in [6.07, 6.45) is 0.489. The van der Waals surface area contributed by atoms with Crippen molar-refractivity contribution in [3.63, 3.8) is 0 Å². The van der Waals surface area contributed by atoms with Crippen LogP contribution in [0.5, 0.6) is 0 Å². The number of carbonyl (C=O) groups excluding carboxylic acids is 1. The quantitative estimate of drug-likeness (QED) is 0.744. The number of hydrogen-bond donors (Lipinski definition) is 1. The summed E-state index contributed by atoms with van der Waals surface area (Å²) >= 11 is 1.62. The van der Waals surface area contributed by atoms with Crippen molar-refractivity contribution in [1.82, 2.24) is 14.8 Å². The van der Waals surface area contributed by atoms with E-state index in [9.17, 15) is 9.90 Å². The number of rotatable bonds is 2. The Morgan fingerprint density at radius 3 is 2.78 bits per heavy atom. The minimum atomic E-state index is -0.264. The second-order valence-electron chi connectivity index (χ2n) is 7.32. The Hall–Kier alpha value is -2.28. The van der Waals surface area contributed by atoms with Gasteiger partial charge in [0.2, 0.25) is 0 Å². The molecule has 2 aliphatic rings. The second kappa shape index (κ2) is 6.71. The van der Waals surface area contributed by atoms with Crippen LogP contribution in [0.3, 0.4) is 0 Å². The van der Waals surface area contributed by atoms with Crippen LogP contribution in [0.15, 0.2) is 48.5 Å². The van der Waals surface area contributed by atoms with Gasteiger partial charge in [-0.15, -0.1) is 11.3 Å². The highest BCUT2D eigenvalue weighted by Gasteiger charge is 2.37. The van der Waals surface area contributed by atoms with E-state index in [2.05, 4.69) is 11.0 Å². The number of fused-ring (bicyclic) bond motifs is 2. The minimum Gasteiger partial charge on any atom is -0.392 e. The Bertz CT molecular complexity index is 969. The molecule has 0 spiro atoms. The van der Waals surface area contributed by atoms with E-state index in [0.717, 1.165) is 40.3 Å². The van der Waals surface area contributed by atoms with Crippen molar-refractivity contribution >= 4 is 27.5 Å². The van der Waals surface area contributed by atoms with E-state index in [-0.39, 0.29) is 18.1 Å². The Labute approximate surface area is 161 Å². The first kappa shape index (κ1) is 16.9. The van der Waals surface area contributed by atoms with Crippen molar-refractivity contribution in [2.24, 2.45) is 0 Å². The number of nitrogens with zero attached hydrogens (tertiary/aromatic N) is 3. The first-order valence-electron chi connectivity index (χ1n) is 9.35. The molecule has 138 valence electrons. The van der Waals surface area contributed by atoms with Crippen LogP contribution in [0, 0.1) is 0 Å². The van der Waals surface area contributed by atoms with Gasteiger partial charge in [-0.25, -0.2) is 4.98 Å². The number of amides is 1. The highest BCUT2D eigenvalue weighted by Crippen LogP contribution is 2.33. The summed E-state index contributed by atoms with van der Waals surface area (Å²) in [5.41, 5.74) is 2.58. The molecule has 0 unspecified atom stereocenters. The molecule has 0 bridgehead atoms. The topological polar surface area (TPSA) is 56.7 Å². The summed E-state index contributed by atoms with van der Waals surface area (Å²) in [7, 11) is 0. The van der Waals surface area contributed by atoms with Gasteiger partial charge in [0.1, 0.15) is 5.01 Å². The molecule has 5 rings (SSSR count). The lowest BCUT2D eigenvalue weighted by Crippen LogP contribution is -2.52. The largest absolute Gasteiger partial charge is 0.392 e. The minimum absolute atomic E-state index is 0.0610. The summed E-state index contributed by atoms with van der Waals surface area (Å²) in [5.74, 6) is 0.0610. The Balaban J connectivity index is 1.46. The van der Waals surface area contributed by atoms with Gasteiger partial charge < -0.3 is 10.0 Å². The maximum absolute atomic E-state index is 13.3. The van der Waals surface area contributed by atoms with Gasteiger partial charge in [-0.2, -0.15) is 0 Å². The Morgan fingerprint density at radius 1 is 1.07 bits per heavy atom. The summed E-state index contributed by atoms with van der Waals surface area (Å²) < 4.78 is 1.13. The van der Waals surface area contributed by atoms with E-state index >= 15 is 0 Å². The van der Waals surface area contributed by atoms with Crippen LogP contribution < -0.4 is 0 Å². The first-order valence-corrected chi connectivity index (χ1v) is 10.2. The van der Waals surface area contributed by atoms with Gasteiger partial charge in [-0.05, 0) is 24.6 Å². The van der Waals surface area contributed by atoms with Crippen LogP contribution in [-0.4, -0.2) is 64.1 Å². The molecule has 3 heterocycles. The zero-order valence-electron chi connectivity index (χ0n) is 14.9. The molecule has 2 aliphatic heterocycles. The van der Waals surface area contributed by atoms with Crippen LogP contribution in [0.1, 0.15) is 16.8 Å². The number of aromatic nitrogens is 1. The number of thiazole rings is 1. The predicted octanol–water partition coefficient (Wildman–Crippen LogP) is 2.85. The summed E-state index contributed by atoms with van der Waals surface area (Å²) in [4.78, 5) is 22.3. The molecule has 1 N–H and O–H groups in total. The number of carbonyl (C=O) groups is 1. The summed E-state index contributed by atoms with van der Waals surface area (Å²) in [6, 6.07) is 16.1. The predicted molar refractivity (Wildman–Crippen MR) is 107 cm³/mol. The molecule has 0 aliphatic carbocycles. The molecule has 0 saturated carbocycles. The summed E-state index contributed by atoms with van der Waals surface area (Å²) in [6.45, 7) is 2.95. The van der Waals surface area contributed by atoms with E-state index < -0.39 is 0 Å². The maximum Gasteiger partial charge on any atom is 0.254 e. The van der Waals surface area contributed by atoms with Crippen LogP contribution in [0.25, 0.3) is 20.8 Å². The zero-order chi connectivity index (χ0) is 18.4. The molecule has 2 aromatic carbocycles.